The molecule has 0 aromatic heterocycles. The van der Waals surface area contributed by atoms with Crippen LogP contribution in [0.3, 0.4) is 0 Å². The zero-order valence-corrected chi connectivity index (χ0v) is 31.6. The van der Waals surface area contributed by atoms with E-state index >= 15 is 0 Å². The normalized spacial score (nSPS) is 13.7. The summed E-state index contributed by atoms with van der Waals surface area (Å²) in [5, 5.41) is 0. The first-order valence-corrected chi connectivity index (χ1v) is 20.8. The average molecular weight is 702 g/mol. The molecule has 0 aliphatic carbocycles. The molecule has 0 rings (SSSR count). The summed E-state index contributed by atoms with van der Waals surface area (Å²) in [5.74, 6) is -0.837. The number of unbranched alkanes of at least 4 members (excludes halogenated alkanes) is 19. The summed E-state index contributed by atoms with van der Waals surface area (Å²) in [4.78, 5) is 34.7. The van der Waals surface area contributed by atoms with Crippen molar-refractivity contribution >= 4 is 19.8 Å². The number of phosphoric acid groups is 1. The van der Waals surface area contributed by atoms with Crippen LogP contribution in [0.15, 0.2) is 24.3 Å². The van der Waals surface area contributed by atoms with Crippen molar-refractivity contribution in [2.45, 2.75) is 180 Å². The van der Waals surface area contributed by atoms with Gasteiger partial charge in [-0.15, -0.1) is 0 Å². The molecule has 0 saturated carbocycles. The SMILES string of the molecule is CCCCC/C=C\C/C=C\CCCCCCCCCC(=O)OC(COC(=O)CCCCCCCCCCCC)COP(=O)(O)OCCN. The van der Waals surface area contributed by atoms with Crippen LogP contribution >= 0.6 is 7.82 Å². The van der Waals surface area contributed by atoms with Crippen LogP contribution in [0.5, 0.6) is 0 Å². The Morgan fingerprint density at radius 1 is 0.625 bits per heavy atom. The van der Waals surface area contributed by atoms with E-state index in [0.29, 0.717) is 6.42 Å². The summed E-state index contributed by atoms with van der Waals surface area (Å²) < 4.78 is 32.6. The highest BCUT2D eigenvalue weighted by atomic mass is 31.2. The third-order valence-corrected chi connectivity index (χ3v) is 9.07. The molecule has 2 atom stereocenters. The van der Waals surface area contributed by atoms with Gasteiger partial charge in [-0.05, 0) is 44.9 Å². The molecule has 2 unspecified atom stereocenters. The topological polar surface area (TPSA) is 134 Å². The van der Waals surface area contributed by atoms with Crippen molar-refractivity contribution in [2.24, 2.45) is 5.73 Å². The van der Waals surface area contributed by atoms with E-state index in [-0.39, 0.29) is 38.6 Å². The highest BCUT2D eigenvalue weighted by Crippen LogP contribution is 2.43. The van der Waals surface area contributed by atoms with Crippen LogP contribution in [0.25, 0.3) is 0 Å². The van der Waals surface area contributed by atoms with Crippen molar-refractivity contribution in [1.82, 2.24) is 0 Å². The van der Waals surface area contributed by atoms with Gasteiger partial charge in [-0.2, -0.15) is 0 Å². The molecule has 0 saturated heterocycles. The summed E-state index contributed by atoms with van der Waals surface area (Å²) in [6, 6.07) is 0. The number of hydrogen-bond donors (Lipinski definition) is 2. The third-order valence-electron chi connectivity index (χ3n) is 8.09. The van der Waals surface area contributed by atoms with E-state index < -0.39 is 26.5 Å². The summed E-state index contributed by atoms with van der Waals surface area (Å²) in [6.07, 6.45) is 34.9. The number of nitrogens with two attached hydrogens (primary N) is 1. The molecule has 0 aromatic rings. The highest BCUT2D eigenvalue weighted by molar-refractivity contribution is 7.47. The van der Waals surface area contributed by atoms with Gasteiger partial charge in [-0.25, -0.2) is 4.57 Å². The summed E-state index contributed by atoms with van der Waals surface area (Å²) in [5.41, 5.74) is 5.33. The van der Waals surface area contributed by atoms with Gasteiger partial charge >= 0.3 is 19.8 Å². The zero-order valence-electron chi connectivity index (χ0n) is 30.7. The van der Waals surface area contributed by atoms with Crippen LogP contribution in [0.4, 0.5) is 0 Å². The van der Waals surface area contributed by atoms with Gasteiger partial charge in [0.05, 0.1) is 13.2 Å². The van der Waals surface area contributed by atoms with E-state index in [0.717, 1.165) is 51.4 Å². The number of carbonyl (C=O) groups is 2. The number of hydrogen-bond acceptors (Lipinski definition) is 8. The molecule has 0 bridgehead atoms. The minimum absolute atomic E-state index is 0.0532. The van der Waals surface area contributed by atoms with Crippen LogP contribution < -0.4 is 5.73 Å². The molecule has 0 aliphatic heterocycles. The van der Waals surface area contributed by atoms with Crippen molar-refractivity contribution in [3.05, 3.63) is 24.3 Å². The predicted octanol–water partition coefficient (Wildman–Crippen LogP) is 10.4. The molecule has 0 radical (unpaired) electrons. The first kappa shape index (κ1) is 46.5. The Labute approximate surface area is 293 Å². The lowest BCUT2D eigenvalue weighted by Gasteiger charge is -2.19. The van der Waals surface area contributed by atoms with E-state index in [9.17, 15) is 19.0 Å². The Bertz CT molecular complexity index is 851. The van der Waals surface area contributed by atoms with Gasteiger partial charge in [0.2, 0.25) is 0 Å². The molecule has 0 heterocycles. The Kier molecular flexibility index (Phi) is 34.2. The van der Waals surface area contributed by atoms with Crippen LogP contribution in [0.1, 0.15) is 174 Å². The fourth-order valence-electron chi connectivity index (χ4n) is 5.19. The van der Waals surface area contributed by atoms with E-state index in [4.69, 9.17) is 24.3 Å². The molecule has 9 nitrogen and oxygen atoms in total. The summed E-state index contributed by atoms with van der Waals surface area (Å²) >= 11 is 0. The Morgan fingerprint density at radius 3 is 1.62 bits per heavy atom. The maximum atomic E-state index is 12.5. The minimum atomic E-state index is -4.37. The van der Waals surface area contributed by atoms with Gasteiger partial charge in [0.15, 0.2) is 6.10 Å². The van der Waals surface area contributed by atoms with Gasteiger partial charge in [-0.3, -0.25) is 18.6 Å². The van der Waals surface area contributed by atoms with E-state index in [1.165, 1.54) is 89.9 Å². The van der Waals surface area contributed by atoms with Crippen LogP contribution in [-0.2, 0) is 32.7 Å². The quantitative estimate of drug-likeness (QED) is 0.0283. The molecule has 0 aliphatic rings. The lowest BCUT2D eigenvalue weighted by Crippen LogP contribution is -2.29. The van der Waals surface area contributed by atoms with Gasteiger partial charge in [0, 0.05) is 19.4 Å². The monoisotopic (exact) mass is 701 g/mol. The lowest BCUT2D eigenvalue weighted by molar-refractivity contribution is -0.161. The number of esters is 2. The smallest absolute Gasteiger partial charge is 0.462 e. The van der Waals surface area contributed by atoms with Crippen molar-refractivity contribution < 1.29 is 37.6 Å². The van der Waals surface area contributed by atoms with Crippen molar-refractivity contribution in [1.29, 1.82) is 0 Å². The molecule has 48 heavy (non-hydrogen) atoms. The van der Waals surface area contributed by atoms with Crippen molar-refractivity contribution in [3.63, 3.8) is 0 Å². The van der Waals surface area contributed by atoms with Crippen molar-refractivity contribution in [3.8, 4) is 0 Å². The van der Waals surface area contributed by atoms with Crippen LogP contribution in [0, 0.1) is 0 Å². The summed E-state index contributed by atoms with van der Waals surface area (Å²) in [6.45, 7) is 3.68. The van der Waals surface area contributed by atoms with E-state index in [1.54, 1.807) is 0 Å². The molecule has 282 valence electrons. The van der Waals surface area contributed by atoms with Crippen LogP contribution in [0.2, 0.25) is 0 Å². The van der Waals surface area contributed by atoms with Gasteiger partial charge in [-0.1, -0.05) is 141 Å². The van der Waals surface area contributed by atoms with E-state index in [2.05, 4.69) is 38.2 Å². The molecular formula is C38H72NO8P. The van der Waals surface area contributed by atoms with Crippen molar-refractivity contribution in [2.75, 3.05) is 26.4 Å². The maximum absolute atomic E-state index is 12.5. The molecule has 0 amide bonds. The Morgan fingerprint density at radius 2 is 1.08 bits per heavy atom. The van der Waals surface area contributed by atoms with E-state index in [1.807, 2.05) is 0 Å². The summed E-state index contributed by atoms with van der Waals surface area (Å²) in [7, 11) is -4.37. The number of rotatable bonds is 36. The zero-order chi connectivity index (χ0) is 35.4. The van der Waals surface area contributed by atoms with Gasteiger partial charge in [0.1, 0.15) is 6.61 Å². The largest absolute Gasteiger partial charge is 0.472 e. The Hall–Kier alpha value is -1.51. The minimum Gasteiger partial charge on any atom is -0.462 e. The second-order valence-electron chi connectivity index (χ2n) is 12.8. The first-order valence-electron chi connectivity index (χ1n) is 19.3. The maximum Gasteiger partial charge on any atom is 0.472 e. The van der Waals surface area contributed by atoms with Gasteiger partial charge < -0.3 is 20.1 Å². The average Bonchev–Trinajstić information content (AvgIpc) is 3.07. The number of allylic oxidation sites excluding steroid dienone is 4. The first-order chi connectivity index (χ1) is 23.3. The number of phosphoric ester groups is 1. The second-order valence-corrected chi connectivity index (χ2v) is 14.3. The Balaban J connectivity index is 4.20. The van der Waals surface area contributed by atoms with Gasteiger partial charge in [0.25, 0.3) is 0 Å². The third kappa shape index (κ3) is 34.4. The molecule has 0 aromatic carbocycles. The molecule has 0 spiro atoms. The number of ether oxygens (including phenoxy) is 2. The predicted molar refractivity (Wildman–Crippen MR) is 197 cm³/mol. The highest BCUT2D eigenvalue weighted by Gasteiger charge is 2.25. The molecule has 10 heteroatoms. The second kappa shape index (κ2) is 35.3. The van der Waals surface area contributed by atoms with Crippen LogP contribution in [-0.4, -0.2) is 49.3 Å². The molecule has 0 fully saturated rings. The standard InChI is InChI=1S/C38H72NO8P/c1-3-5-7-9-11-13-15-16-17-18-19-20-21-23-25-27-29-31-38(41)47-36(35-46-48(42,43)45-33-32-39)34-44-37(40)30-28-26-24-22-14-12-10-8-6-4-2/h11,13,16-17,36H,3-10,12,14-15,18-35,39H2,1-2H3,(H,42,43)/b13-11-,17-16-. The lowest BCUT2D eigenvalue weighted by atomic mass is 10.1. The fourth-order valence-corrected chi connectivity index (χ4v) is 5.96. The fraction of sp³-hybridized carbons (Fsp3) is 0.842. The number of carbonyl (C=O) groups excluding carboxylic acids is 2. The molecular weight excluding hydrogens is 629 g/mol. The molecule has 3 N–H and O–H groups in total.